The molecule has 1 aromatic heterocycles. The Morgan fingerprint density at radius 1 is 1.32 bits per heavy atom. The molecule has 25 heavy (non-hydrogen) atoms. The van der Waals surface area contributed by atoms with Crippen LogP contribution in [0.3, 0.4) is 0 Å². The summed E-state index contributed by atoms with van der Waals surface area (Å²) in [6.45, 7) is 8.30. The highest BCUT2D eigenvalue weighted by Gasteiger charge is 2.38. The van der Waals surface area contributed by atoms with E-state index in [4.69, 9.17) is 4.74 Å². The Hall–Kier alpha value is -1.62. The van der Waals surface area contributed by atoms with Gasteiger partial charge in [0.1, 0.15) is 5.60 Å². The first-order chi connectivity index (χ1) is 11.7. The van der Waals surface area contributed by atoms with Crippen LogP contribution in [0.2, 0.25) is 0 Å². The zero-order chi connectivity index (χ0) is 18.5. The summed E-state index contributed by atoms with van der Waals surface area (Å²) in [5.74, 6) is 0. The monoisotopic (exact) mass is 347 g/mol. The molecule has 0 unspecified atom stereocenters. The molecule has 2 rings (SSSR count). The molecule has 1 aliphatic rings. The number of carbonyl (C=O) groups is 1. The highest BCUT2D eigenvalue weighted by Crippen LogP contribution is 2.39. The van der Waals surface area contributed by atoms with E-state index in [1.807, 2.05) is 44.1 Å². The van der Waals surface area contributed by atoms with Crippen molar-refractivity contribution < 1.29 is 9.53 Å². The molecule has 0 bridgehead atoms. The van der Waals surface area contributed by atoms with Gasteiger partial charge < -0.3 is 14.5 Å². The highest BCUT2D eigenvalue weighted by molar-refractivity contribution is 5.68. The number of likely N-dealkylation sites (tertiary alicyclic amines) is 1. The van der Waals surface area contributed by atoms with Crippen LogP contribution in [-0.4, -0.2) is 60.2 Å². The predicted molar refractivity (Wildman–Crippen MR) is 101 cm³/mol. The lowest BCUT2D eigenvalue weighted by atomic mass is 9.70. The first-order valence-electron chi connectivity index (χ1n) is 9.25. The standard InChI is InChI=1S/C20H33N3O2/c1-19(2,3)25-18(24)23-14-10-20(11-15-23,9-7-13-22(4)5)17-8-6-12-21-16-17/h6,8,12,16H,7,9-11,13-15H2,1-5H3. The zero-order valence-electron chi connectivity index (χ0n) is 16.4. The molecule has 0 aliphatic carbocycles. The minimum atomic E-state index is -0.444. The minimum absolute atomic E-state index is 0.114. The van der Waals surface area contributed by atoms with Crippen LogP contribution in [0.15, 0.2) is 24.5 Å². The van der Waals surface area contributed by atoms with Gasteiger partial charge in [0.25, 0.3) is 0 Å². The van der Waals surface area contributed by atoms with Crippen molar-refractivity contribution in [3.63, 3.8) is 0 Å². The average Bonchev–Trinajstić information content (AvgIpc) is 2.54. The Morgan fingerprint density at radius 2 is 2.00 bits per heavy atom. The Kier molecular flexibility index (Phi) is 6.44. The maximum atomic E-state index is 12.3. The fourth-order valence-corrected chi connectivity index (χ4v) is 3.54. The molecule has 1 fully saturated rings. The molecule has 5 heteroatoms. The Morgan fingerprint density at radius 3 is 2.52 bits per heavy atom. The van der Waals surface area contributed by atoms with Gasteiger partial charge in [-0.05, 0) is 78.7 Å². The third-order valence-corrected chi connectivity index (χ3v) is 4.91. The molecule has 1 aromatic rings. The predicted octanol–water partition coefficient (Wildman–Crippen LogP) is 3.69. The van der Waals surface area contributed by atoms with Gasteiger partial charge in [0, 0.05) is 30.9 Å². The molecule has 0 aromatic carbocycles. The van der Waals surface area contributed by atoms with Gasteiger partial charge in [-0.2, -0.15) is 0 Å². The summed E-state index contributed by atoms with van der Waals surface area (Å²) in [5.41, 5.74) is 0.973. The molecule has 0 radical (unpaired) electrons. The second kappa shape index (κ2) is 8.17. The zero-order valence-corrected chi connectivity index (χ0v) is 16.4. The molecule has 140 valence electrons. The lowest BCUT2D eigenvalue weighted by Gasteiger charge is -2.42. The number of pyridine rings is 1. The van der Waals surface area contributed by atoms with Crippen LogP contribution in [0.1, 0.15) is 52.0 Å². The largest absolute Gasteiger partial charge is 0.444 e. The van der Waals surface area contributed by atoms with Crippen molar-refractivity contribution >= 4 is 6.09 Å². The van der Waals surface area contributed by atoms with E-state index in [0.717, 1.165) is 45.3 Å². The number of nitrogens with zero attached hydrogens (tertiary/aromatic N) is 3. The number of ether oxygens (including phenoxy) is 1. The fraction of sp³-hybridized carbons (Fsp3) is 0.700. The van der Waals surface area contributed by atoms with Crippen molar-refractivity contribution in [2.24, 2.45) is 0 Å². The van der Waals surface area contributed by atoms with E-state index in [0.29, 0.717) is 0 Å². The molecule has 0 spiro atoms. The van der Waals surface area contributed by atoms with Crippen molar-refractivity contribution in [2.75, 3.05) is 33.7 Å². The van der Waals surface area contributed by atoms with Gasteiger partial charge >= 0.3 is 6.09 Å². The Bertz CT molecular complexity index is 544. The molecule has 2 heterocycles. The fourth-order valence-electron chi connectivity index (χ4n) is 3.54. The van der Waals surface area contributed by atoms with Crippen molar-refractivity contribution in [2.45, 2.75) is 57.5 Å². The van der Waals surface area contributed by atoms with Gasteiger partial charge in [-0.15, -0.1) is 0 Å². The van der Waals surface area contributed by atoms with Crippen molar-refractivity contribution in [3.8, 4) is 0 Å². The number of carbonyl (C=O) groups excluding carboxylic acids is 1. The van der Waals surface area contributed by atoms with Gasteiger partial charge in [-0.1, -0.05) is 6.07 Å². The number of hydrogen-bond acceptors (Lipinski definition) is 4. The van der Waals surface area contributed by atoms with Gasteiger partial charge in [-0.25, -0.2) is 4.79 Å². The van der Waals surface area contributed by atoms with Gasteiger partial charge in [0.15, 0.2) is 0 Å². The van der Waals surface area contributed by atoms with Crippen LogP contribution in [-0.2, 0) is 10.2 Å². The van der Waals surface area contributed by atoms with Crippen molar-refractivity contribution in [1.82, 2.24) is 14.8 Å². The van der Waals surface area contributed by atoms with Crippen LogP contribution in [0.4, 0.5) is 4.79 Å². The van der Waals surface area contributed by atoms with E-state index in [2.05, 4.69) is 30.0 Å². The maximum Gasteiger partial charge on any atom is 0.410 e. The van der Waals surface area contributed by atoms with E-state index in [9.17, 15) is 4.79 Å². The third kappa shape index (κ3) is 5.70. The highest BCUT2D eigenvalue weighted by atomic mass is 16.6. The van der Waals surface area contributed by atoms with Crippen molar-refractivity contribution in [3.05, 3.63) is 30.1 Å². The molecule has 0 saturated carbocycles. The molecule has 5 nitrogen and oxygen atoms in total. The van der Waals surface area contributed by atoms with E-state index in [1.165, 1.54) is 5.56 Å². The molecular weight excluding hydrogens is 314 g/mol. The second-order valence-electron chi connectivity index (χ2n) is 8.40. The van der Waals surface area contributed by atoms with Crippen LogP contribution < -0.4 is 0 Å². The van der Waals surface area contributed by atoms with Crippen molar-refractivity contribution in [1.29, 1.82) is 0 Å². The lowest BCUT2D eigenvalue weighted by molar-refractivity contribution is 0.0156. The van der Waals surface area contributed by atoms with E-state index in [-0.39, 0.29) is 11.5 Å². The van der Waals surface area contributed by atoms with Crippen LogP contribution in [0.5, 0.6) is 0 Å². The van der Waals surface area contributed by atoms with Gasteiger partial charge in [0.2, 0.25) is 0 Å². The second-order valence-corrected chi connectivity index (χ2v) is 8.40. The summed E-state index contributed by atoms with van der Waals surface area (Å²) in [7, 11) is 4.23. The quantitative estimate of drug-likeness (QED) is 0.815. The first kappa shape index (κ1) is 19.7. The number of aromatic nitrogens is 1. The van der Waals surface area contributed by atoms with E-state index < -0.39 is 5.60 Å². The topological polar surface area (TPSA) is 45.7 Å². The lowest BCUT2D eigenvalue weighted by Crippen LogP contribution is -2.47. The number of hydrogen-bond donors (Lipinski definition) is 0. The summed E-state index contributed by atoms with van der Waals surface area (Å²) < 4.78 is 5.53. The van der Waals surface area contributed by atoms with Crippen LogP contribution in [0.25, 0.3) is 0 Å². The van der Waals surface area contributed by atoms with Gasteiger partial charge in [0.05, 0.1) is 0 Å². The molecule has 0 N–H and O–H groups in total. The number of rotatable bonds is 5. The van der Waals surface area contributed by atoms with Crippen LogP contribution >= 0.6 is 0 Å². The number of piperidine rings is 1. The summed E-state index contributed by atoms with van der Waals surface area (Å²) in [5, 5.41) is 0. The summed E-state index contributed by atoms with van der Waals surface area (Å²) in [4.78, 5) is 20.8. The molecule has 1 aliphatic heterocycles. The minimum Gasteiger partial charge on any atom is -0.444 e. The van der Waals surface area contributed by atoms with E-state index in [1.54, 1.807) is 0 Å². The smallest absolute Gasteiger partial charge is 0.410 e. The normalized spacial score (nSPS) is 17.6. The summed E-state index contributed by atoms with van der Waals surface area (Å²) >= 11 is 0. The molecular formula is C20H33N3O2. The molecule has 1 amide bonds. The SMILES string of the molecule is CN(C)CCCC1(c2cccnc2)CCN(C(=O)OC(C)(C)C)CC1. The van der Waals surface area contributed by atoms with E-state index >= 15 is 0 Å². The summed E-state index contributed by atoms with van der Waals surface area (Å²) in [6.07, 6.45) is 7.83. The molecule has 0 atom stereocenters. The Labute approximate surface area is 152 Å². The van der Waals surface area contributed by atoms with Crippen LogP contribution in [0, 0.1) is 0 Å². The maximum absolute atomic E-state index is 12.3. The first-order valence-corrected chi connectivity index (χ1v) is 9.25. The Balaban J connectivity index is 2.06. The average molecular weight is 348 g/mol. The summed E-state index contributed by atoms with van der Waals surface area (Å²) in [6, 6.07) is 4.20. The third-order valence-electron chi connectivity index (χ3n) is 4.91. The van der Waals surface area contributed by atoms with Gasteiger partial charge in [-0.3, -0.25) is 4.98 Å². The number of amides is 1. The molecule has 1 saturated heterocycles.